The summed E-state index contributed by atoms with van der Waals surface area (Å²) in [4.78, 5) is 0. The van der Waals surface area contributed by atoms with Crippen LogP contribution in [0.4, 0.5) is 0 Å². The van der Waals surface area contributed by atoms with Crippen molar-refractivity contribution < 1.29 is 4.74 Å². The van der Waals surface area contributed by atoms with Gasteiger partial charge in [-0.05, 0) is 38.6 Å². The molecule has 1 N–H and O–H groups in total. The van der Waals surface area contributed by atoms with Gasteiger partial charge in [0.05, 0.1) is 6.10 Å². The minimum atomic E-state index is 0.433. The molecule has 2 unspecified atom stereocenters. The average Bonchev–Trinajstić information content (AvgIpc) is 3.08. The zero-order chi connectivity index (χ0) is 11.8. The van der Waals surface area contributed by atoms with E-state index in [1.54, 1.807) is 0 Å². The molecule has 2 atom stereocenters. The van der Waals surface area contributed by atoms with E-state index in [0.717, 1.165) is 19.1 Å². The van der Waals surface area contributed by atoms with Crippen molar-refractivity contribution in [3.05, 3.63) is 0 Å². The standard InChI is InChI=1S/C14H29NO/c1-4-7-14(16-6-3)13(15-10-5-2)11-12-8-9-12/h12-15H,4-11H2,1-3H3. The summed E-state index contributed by atoms with van der Waals surface area (Å²) in [7, 11) is 0. The lowest BCUT2D eigenvalue weighted by atomic mass is 10.00. The zero-order valence-electron chi connectivity index (χ0n) is 11.3. The van der Waals surface area contributed by atoms with Crippen LogP contribution in [0.3, 0.4) is 0 Å². The number of hydrogen-bond acceptors (Lipinski definition) is 2. The first-order valence-electron chi connectivity index (χ1n) is 7.16. The molecule has 0 bridgehead atoms. The molecule has 0 spiro atoms. The van der Waals surface area contributed by atoms with Gasteiger partial charge in [0.25, 0.3) is 0 Å². The van der Waals surface area contributed by atoms with Crippen LogP contribution in [0.2, 0.25) is 0 Å². The quantitative estimate of drug-likeness (QED) is 0.618. The summed E-state index contributed by atoms with van der Waals surface area (Å²) < 4.78 is 5.91. The molecule has 0 aliphatic heterocycles. The average molecular weight is 227 g/mol. The third-order valence-electron chi connectivity index (χ3n) is 3.34. The van der Waals surface area contributed by atoms with E-state index in [2.05, 4.69) is 26.1 Å². The van der Waals surface area contributed by atoms with Crippen LogP contribution >= 0.6 is 0 Å². The fourth-order valence-corrected chi connectivity index (χ4v) is 2.31. The van der Waals surface area contributed by atoms with Crippen molar-refractivity contribution in [3.63, 3.8) is 0 Å². The van der Waals surface area contributed by atoms with Crippen LogP contribution in [0.5, 0.6) is 0 Å². The highest BCUT2D eigenvalue weighted by atomic mass is 16.5. The van der Waals surface area contributed by atoms with Gasteiger partial charge in [0.2, 0.25) is 0 Å². The Morgan fingerprint density at radius 3 is 2.44 bits per heavy atom. The molecule has 1 saturated carbocycles. The first kappa shape index (κ1) is 14.0. The summed E-state index contributed by atoms with van der Waals surface area (Å²) in [5, 5.41) is 3.69. The van der Waals surface area contributed by atoms with E-state index in [0.29, 0.717) is 12.1 Å². The molecule has 16 heavy (non-hydrogen) atoms. The molecule has 1 aliphatic rings. The minimum Gasteiger partial charge on any atom is -0.377 e. The fraction of sp³-hybridized carbons (Fsp3) is 1.00. The van der Waals surface area contributed by atoms with Crippen LogP contribution < -0.4 is 5.32 Å². The van der Waals surface area contributed by atoms with Crippen molar-refractivity contribution in [2.75, 3.05) is 13.2 Å². The topological polar surface area (TPSA) is 21.3 Å². The van der Waals surface area contributed by atoms with Gasteiger partial charge in [-0.1, -0.05) is 33.1 Å². The van der Waals surface area contributed by atoms with Gasteiger partial charge in [0.15, 0.2) is 0 Å². The first-order chi connectivity index (χ1) is 7.81. The predicted octanol–water partition coefficient (Wildman–Crippen LogP) is 3.36. The van der Waals surface area contributed by atoms with Crippen molar-refractivity contribution in [1.29, 1.82) is 0 Å². The first-order valence-corrected chi connectivity index (χ1v) is 7.16. The van der Waals surface area contributed by atoms with Crippen LogP contribution in [0, 0.1) is 5.92 Å². The summed E-state index contributed by atoms with van der Waals surface area (Å²) in [6, 6.07) is 0.590. The van der Waals surface area contributed by atoms with Crippen LogP contribution in [0.1, 0.15) is 59.3 Å². The van der Waals surface area contributed by atoms with E-state index in [1.165, 1.54) is 38.5 Å². The minimum absolute atomic E-state index is 0.433. The van der Waals surface area contributed by atoms with Gasteiger partial charge in [-0.15, -0.1) is 0 Å². The Bertz CT molecular complexity index is 162. The van der Waals surface area contributed by atoms with Gasteiger partial charge >= 0.3 is 0 Å². The smallest absolute Gasteiger partial charge is 0.0727 e. The van der Waals surface area contributed by atoms with Crippen molar-refractivity contribution in [2.24, 2.45) is 5.92 Å². The van der Waals surface area contributed by atoms with E-state index in [1.807, 2.05) is 0 Å². The van der Waals surface area contributed by atoms with Crippen LogP contribution in [0.25, 0.3) is 0 Å². The monoisotopic (exact) mass is 227 g/mol. The second-order valence-electron chi connectivity index (χ2n) is 5.02. The maximum atomic E-state index is 5.91. The third kappa shape index (κ3) is 5.31. The lowest BCUT2D eigenvalue weighted by molar-refractivity contribution is 0.0245. The Morgan fingerprint density at radius 2 is 1.94 bits per heavy atom. The molecule has 0 aromatic rings. The Kier molecular flexibility index (Phi) is 7.06. The van der Waals surface area contributed by atoms with Crippen LogP contribution in [-0.4, -0.2) is 25.3 Å². The van der Waals surface area contributed by atoms with E-state index < -0.39 is 0 Å². The zero-order valence-corrected chi connectivity index (χ0v) is 11.3. The SMILES string of the molecule is CCCNC(CC1CC1)C(CCC)OCC. The summed E-state index contributed by atoms with van der Waals surface area (Å²) in [6.45, 7) is 8.57. The molecule has 0 radical (unpaired) electrons. The van der Waals surface area contributed by atoms with Gasteiger partial charge in [-0.3, -0.25) is 0 Å². The van der Waals surface area contributed by atoms with Crippen LogP contribution in [-0.2, 0) is 4.74 Å². The highest BCUT2D eigenvalue weighted by molar-refractivity contribution is 4.85. The van der Waals surface area contributed by atoms with Crippen molar-refractivity contribution in [2.45, 2.75) is 71.4 Å². The molecule has 0 saturated heterocycles. The normalized spacial score (nSPS) is 19.7. The lowest BCUT2D eigenvalue weighted by Crippen LogP contribution is -2.42. The fourth-order valence-electron chi connectivity index (χ4n) is 2.31. The Labute approximate surface area is 101 Å². The third-order valence-corrected chi connectivity index (χ3v) is 3.34. The van der Waals surface area contributed by atoms with E-state index in [-0.39, 0.29) is 0 Å². The van der Waals surface area contributed by atoms with E-state index in [4.69, 9.17) is 4.74 Å². The predicted molar refractivity (Wildman–Crippen MR) is 69.7 cm³/mol. The molecule has 96 valence electrons. The van der Waals surface area contributed by atoms with Gasteiger partial charge in [0.1, 0.15) is 0 Å². The molecule has 1 rings (SSSR count). The Balaban J connectivity index is 2.39. The summed E-state index contributed by atoms with van der Waals surface area (Å²) in [6.07, 6.45) is 8.27. The maximum Gasteiger partial charge on any atom is 0.0727 e. The second-order valence-corrected chi connectivity index (χ2v) is 5.02. The van der Waals surface area contributed by atoms with Gasteiger partial charge in [-0.2, -0.15) is 0 Å². The molecule has 1 aliphatic carbocycles. The second kappa shape index (κ2) is 8.08. The summed E-state index contributed by atoms with van der Waals surface area (Å²) >= 11 is 0. The van der Waals surface area contributed by atoms with Gasteiger partial charge in [-0.25, -0.2) is 0 Å². The molecule has 0 aromatic heterocycles. The number of rotatable bonds is 10. The largest absolute Gasteiger partial charge is 0.377 e. The maximum absolute atomic E-state index is 5.91. The molecular formula is C14H29NO. The molecule has 2 nitrogen and oxygen atoms in total. The molecule has 0 heterocycles. The molecule has 1 fully saturated rings. The van der Waals surface area contributed by atoms with E-state index in [9.17, 15) is 0 Å². The highest BCUT2D eigenvalue weighted by Gasteiger charge is 2.29. The lowest BCUT2D eigenvalue weighted by Gasteiger charge is -2.28. The number of nitrogens with one attached hydrogen (secondary N) is 1. The molecule has 2 heteroatoms. The van der Waals surface area contributed by atoms with Gasteiger partial charge < -0.3 is 10.1 Å². The summed E-state index contributed by atoms with van der Waals surface area (Å²) in [5.41, 5.74) is 0. The molecule has 0 aromatic carbocycles. The Hall–Kier alpha value is -0.0800. The summed E-state index contributed by atoms with van der Waals surface area (Å²) in [5.74, 6) is 0.981. The number of hydrogen-bond donors (Lipinski definition) is 1. The Morgan fingerprint density at radius 1 is 1.19 bits per heavy atom. The number of ether oxygens (including phenoxy) is 1. The highest BCUT2D eigenvalue weighted by Crippen LogP contribution is 2.34. The molecular weight excluding hydrogens is 198 g/mol. The molecule has 0 amide bonds. The van der Waals surface area contributed by atoms with Gasteiger partial charge in [0, 0.05) is 12.6 Å². The van der Waals surface area contributed by atoms with Crippen molar-refractivity contribution in [1.82, 2.24) is 5.32 Å². The van der Waals surface area contributed by atoms with Crippen molar-refractivity contribution in [3.8, 4) is 0 Å². The van der Waals surface area contributed by atoms with Crippen molar-refractivity contribution >= 4 is 0 Å². The van der Waals surface area contributed by atoms with E-state index >= 15 is 0 Å². The van der Waals surface area contributed by atoms with Crippen LogP contribution in [0.15, 0.2) is 0 Å².